The van der Waals surface area contributed by atoms with E-state index >= 15 is 0 Å². The van der Waals surface area contributed by atoms with E-state index in [0.717, 1.165) is 15.8 Å². The summed E-state index contributed by atoms with van der Waals surface area (Å²) in [6.07, 6.45) is -0.166. The number of anilines is 1. The summed E-state index contributed by atoms with van der Waals surface area (Å²) in [5, 5.41) is 4.12. The minimum Gasteiger partial charge on any atom is -0.302 e. The van der Waals surface area contributed by atoms with E-state index in [4.69, 9.17) is 23.2 Å². The molecule has 5 nitrogen and oxygen atoms in total. The van der Waals surface area contributed by atoms with E-state index in [9.17, 15) is 13.2 Å². The van der Waals surface area contributed by atoms with Crippen molar-refractivity contribution >= 4 is 65.6 Å². The molecule has 0 radical (unpaired) electrons. The summed E-state index contributed by atoms with van der Waals surface area (Å²) in [4.78, 5) is 16.6. The maximum Gasteiger partial charge on any atom is 0.227 e. The molecule has 0 saturated carbocycles. The number of rotatable bonds is 5. The van der Waals surface area contributed by atoms with Gasteiger partial charge in [-0.05, 0) is 48.9 Å². The van der Waals surface area contributed by atoms with E-state index in [1.165, 1.54) is 35.6 Å². The molecule has 26 heavy (non-hydrogen) atoms. The number of aromatic nitrogens is 1. The van der Waals surface area contributed by atoms with E-state index in [0.29, 0.717) is 15.2 Å². The summed E-state index contributed by atoms with van der Waals surface area (Å²) in [6.45, 7) is 1.89. The predicted octanol–water partition coefficient (Wildman–Crippen LogP) is 4.71. The van der Waals surface area contributed by atoms with Crippen LogP contribution in [-0.4, -0.2) is 25.1 Å². The molecule has 2 aromatic carbocycles. The topological polar surface area (TPSA) is 76.1 Å². The number of sulfone groups is 1. The Morgan fingerprint density at radius 3 is 2.54 bits per heavy atom. The van der Waals surface area contributed by atoms with E-state index in [1.807, 2.05) is 6.92 Å². The normalized spacial score (nSPS) is 11.7. The van der Waals surface area contributed by atoms with Crippen LogP contribution in [-0.2, 0) is 14.6 Å². The Labute approximate surface area is 164 Å². The summed E-state index contributed by atoms with van der Waals surface area (Å²) in [6, 6.07) is 9.44. The standard InChI is InChI=1S/C17H14Cl2N2O3S2/c1-10-8-12(19)9-14-16(10)21-17(25-14)20-15(22)6-7-26(23,24)13-4-2-11(18)3-5-13/h2-5,8-9H,6-7H2,1H3,(H,20,21,22). The summed E-state index contributed by atoms with van der Waals surface area (Å²) in [7, 11) is -3.56. The Morgan fingerprint density at radius 2 is 1.85 bits per heavy atom. The second-order valence-corrected chi connectivity index (χ2v) is 9.67. The third kappa shape index (κ3) is 4.35. The van der Waals surface area contributed by atoms with Crippen LogP contribution in [0, 0.1) is 6.92 Å². The fourth-order valence-electron chi connectivity index (χ4n) is 2.38. The number of aryl methyl sites for hydroxylation is 1. The summed E-state index contributed by atoms with van der Waals surface area (Å²) in [5.74, 6) is -0.707. The highest BCUT2D eigenvalue weighted by Crippen LogP contribution is 2.31. The molecule has 1 aromatic heterocycles. The van der Waals surface area contributed by atoms with Gasteiger partial charge in [-0.2, -0.15) is 0 Å². The SMILES string of the molecule is Cc1cc(Cl)cc2sc(NC(=O)CCS(=O)(=O)c3ccc(Cl)cc3)nc12. The van der Waals surface area contributed by atoms with E-state index in [-0.39, 0.29) is 17.1 Å². The number of carbonyl (C=O) groups is 1. The highest BCUT2D eigenvalue weighted by atomic mass is 35.5. The molecule has 136 valence electrons. The number of halogens is 2. The minimum atomic E-state index is -3.56. The number of fused-ring (bicyclic) bond motifs is 1. The van der Waals surface area contributed by atoms with Crippen LogP contribution in [0.3, 0.4) is 0 Å². The van der Waals surface area contributed by atoms with Gasteiger partial charge in [0, 0.05) is 16.5 Å². The Bertz CT molecular complexity index is 1080. The zero-order valence-corrected chi connectivity index (χ0v) is 16.8. The van der Waals surface area contributed by atoms with E-state index < -0.39 is 15.7 Å². The molecule has 1 amide bonds. The van der Waals surface area contributed by atoms with E-state index in [1.54, 1.807) is 12.1 Å². The number of benzene rings is 2. The smallest absolute Gasteiger partial charge is 0.227 e. The van der Waals surface area contributed by atoms with Crippen molar-refractivity contribution in [1.29, 1.82) is 0 Å². The lowest BCUT2D eigenvalue weighted by Gasteiger charge is -2.04. The van der Waals surface area contributed by atoms with Gasteiger partial charge < -0.3 is 5.32 Å². The third-order valence-electron chi connectivity index (χ3n) is 3.67. The molecule has 0 aliphatic heterocycles. The number of nitrogens with one attached hydrogen (secondary N) is 1. The van der Waals surface area contributed by atoms with E-state index in [2.05, 4.69) is 10.3 Å². The molecule has 0 fully saturated rings. The molecule has 0 bridgehead atoms. The first kappa shape index (κ1) is 19.1. The van der Waals surface area contributed by atoms with Gasteiger partial charge >= 0.3 is 0 Å². The molecule has 1 heterocycles. The fourth-order valence-corrected chi connectivity index (χ4v) is 5.08. The third-order valence-corrected chi connectivity index (χ3v) is 6.79. The van der Waals surface area contributed by atoms with Crippen LogP contribution in [0.5, 0.6) is 0 Å². The number of hydrogen-bond donors (Lipinski definition) is 1. The number of thiazole rings is 1. The second kappa shape index (κ2) is 7.52. The average molecular weight is 429 g/mol. The maximum absolute atomic E-state index is 12.3. The highest BCUT2D eigenvalue weighted by Gasteiger charge is 2.17. The average Bonchev–Trinajstić information content (AvgIpc) is 2.96. The number of nitrogens with zero attached hydrogens (tertiary/aromatic N) is 1. The summed E-state index contributed by atoms with van der Waals surface area (Å²) >= 11 is 13.1. The van der Waals surface area contributed by atoms with Crippen LogP contribution < -0.4 is 5.32 Å². The molecule has 0 atom stereocenters. The van der Waals surface area contributed by atoms with Crippen molar-refractivity contribution in [2.45, 2.75) is 18.2 Å². The lowest BCUT2D eigenvalue weighted by molar-refractivity contribution is -0.115. The van der Waals surface area contributed by atoms with Crippen molar-refractivity contribution in [2.75, 3.05) is 11.1 Å². The van der Waals surface area contributed by atoms with Gasteiger partial charge in [-0.15, -0.1) is 0 Å². The van der Waals surface area contributed by atoms with Crippen molar-refractivity contribution < 1.29 is 13.2 Å². The summed E-state index contributed by atoms with van der Waals surface area (Å²) in [5.41, 5.74) is 1.68. The molecule has 0 aliphatic carbocycles. The van der Waals surface area contributed by atoms with Crippen LogP contribution in [0.25, 0.3) is 10.2 Å². The summed E-state index contributed by atoms with van der Waals surface area (Å²) < 4.78 is 25.4. The first-order valence-corrected chi connectivity index (χ1v) is 10.8. The monoisotopic (exact) mass is 428 g/mol. The maximum atomic E-state index is 12.3. The van der Waals surface area contributed by atoms with Crippen LogP contribution >= 0.6 is 34.5 Å². The van der Waals surface area contributed by atoms with Gasteiger partial charge in [-0.3, -0.25) is 4.79 Å². The molecular weight excluding hydrogens is 415 g/mol. The number of carbonyl (C=O) groups excluding carboxylic acids is 1. The Hall–Kier alpha value is -1.67. The van der Waals surface area contributed by atoms with Gasteiger partial charge in [0.1, 0.15) is 0 Å². The molecule has 0 unspecified atom stereocenters. The molecular formula is C17H14Cl2N2O3S2. The van der Waals surface area contributed by atoms with Crippen LogP contribution in [0.4, 0.5) is 5.13 Å². The molecule has 3 aromatic rings. The minimum absolute atomic E-state index is 0.139. The zero-order valence-electron chi connectivity index (χ0n) is 13.6. The lowest BCUT2D eigenvalue weighted by Crippen LogP contribution is -2.17. The van der Waals surface area contributed by atoms with Gasteiger partial charge in [0.25, 0.3) is 0 Å². The van der Waals surface area contributed by atoms with Gasteiger partial charge in [-0.25, -0.2) is 13.4 Å². The van der Waals surface area contributed by atoms with Crippen LogP contribution in [0.2, 0.25) is 10.0 Å². The molecule has 1 N–H and O–H groups in total. The van der Waals surface area contributed by atoms with Gasteiger partial charge in [-0.1, -0.05) is 34.5 Å². The number of hydrogen-bond acceptors (Lipinski definition) is 5. The predicted molar refractivity (Wildman–Crippen MR) is 106 cm³/mol. The first-order valence-electron chi connectivity index (χ1n) is 7.59. The van der Waals surface area contributed by atoms with Crippen molar-refractivity contribution in [3.8, 4) is 0 Å². The quantitative estimate of drug-likeness (QED) is 0.637. The molecule has 0 aliphatic rings. The molecule has 0 spiro atoms. The first-order chi connectivity index (χ1) is 12.2. The number of amides is 1. The van der Waals surface area contributed by atoms with Gasteiger partial charge in [0.2, 0.25) is 5.91 Å². The Kier molecular flexibility index (Phi) is 5.53. The lowest BCUT2D eigenvalue weighted by atomic mass is 10.2. The fraction of sp³-hybridized carbons (Fsp3) is 0.176. The van der Waals surface area contributed by atoms with Gasteiger partial charge in [0.15, 0.2) is 15.0 Å². The highest BCUT2D eigenvalue weighted by molar-refractivity contribution is 7.91. The Morgan fingerprint density at radius 1 is 1.15 bits per heavy atom. The largest absolute Gasteiger partial charge is 0.302 e. The second-order valence-electron chi connectivity index (χ2n) is 5.66. The van der Waals surface area contributed by atoms with Crippen LogP contribution in [0.15, 0.2) is 41.3 Å². The van der Waals surface area contributed by atoms with Crippen molar-refractivity contribution in [1.82, 2.24) is 4.98 Å². The molecule has 9 heteroatoms. The molecule has 3 rings (SSSR count). The van der Waals surface area contributed by atoms with Gasteiger partial charge in [0.05, 0.1) is 20.9 Å². The van der Waals surface area contributed by atoms with Crippen molar-refractivity contribution in [3.05, 3.63) is 52.0 Å². The van der Waals surface area contributed by atoms with Crippen LogP contribution in [0.1, 0.15) is 12.0 Å². The Balaban J connectivity index is 1.67. The van der Waals surface area contributed by atoms with Crippen molar-refractivity contribution in [2.24, 2.45) is 0 Å². The molecule has 0 saturated heterocycles. The van der Waals surface area contributed by atoms with Crippen molar-refractivity contribution in [3.63, 3.8) is 0 Å². The zero-order chi connectivity index (χ0) is 18.9.